The number of thiophene rings is 1. The predicted molar refractivity (Wildman–Crippen MR) is 82.0 cm³/mol. The van der Waals surface area contributed by atoms with E-state index in [-0.39, 0.29) is 16.2 Å². The van der Waals surface area contributed by atoms with Gasteiger partial charge in [-0.1, -0.05) is 6.92 Å². The van der Waals surface area contributed by atoms with Crippen molar-refractivity contribution in [1.82, 2.24) is 9.62 Å². The van der Waals surface area contributed by atoms with Crippen LogP contribution in [0.1, 0.15) is 43.0 Å². The summed E-state index contributed by atoms with van der Waals surface area (Å²) in [6.07, 6.45) is 3.85. The van der Waals surface area contributed by atoms with E-state index in [1.54, 1.807) is 5.38 Å². The number of sulfonamides is 1. The van der Waals surface area contributed by atoms with E-state index in [1.165, 1.54) is 6.07 Å². The van der Waals surface area contributed by atoms with Crippen LogP contribution in [0, 0.1) is 5.92 Å². The molecule has 0 spiro atoms. The summed E-state index contributed by atoms with van der Waals surface area (Å²) in [6.45, 7) is 3.72. The van der Waals surface area contributed by atoms with Gasteiger partial charge in [0, 0.05) is 24.5 Å². The van der Waals surface area contributed by atoms with E-state index in [4.69, 9.17) is 0 Å². The second-order valence-electron chi connectivity index (χ2n) is 6.02. The van der Waals surface area contributed by atoms with E-state index in [2.05, 4.69) is 11.6 Å². The van der Waals surface area contributed by atoms with Gasteiger partial charge in [0.05, 0.1) is 5.56 Å². The average molecular weight is 328 g/mol. The number of nitrogens with one attached hydrogen (secondary N) is 1. The summed E-state index contributed by atoms with van der Waals surface area (Å²) in [7, 11) is -3.45. The highest BCUT2D eigenvalue weighted by molar-refractivity contribution is 7.91. The van der Waals surface area contributed by atoms with Crippen LogP contribution in [-0.4, -0.2) is 38.4 Å². The number of piperidine rings is 1. The zero-order valence-corrected chi connectivity index (χ0v) is 13.7. The van der Waals surface area contributed by atoms with E-state index < -0.39 is 10.0 Å². The molecule has 0 aromatic carbocycles. The summed E-state index contributed by atoms with van der Waals surface area (Å²) in [5, 5.41) is 1.65. The number of hydrogen-bond donors (Lipinski definition) is 1. The summed E-state index contributed by atoms with van der Waals surface area (Å²) in [6, 6.07) is 1.59. The fourth-order valence-corrected chi connectivity index (χ4v) is 4.92. The molecule has 2 heterocycles. The second kappa shape index (κ2) is 5.70. The Balaban J connectivity index is 1.70. The molecule has 0 atom stereocenters. The highest BCUT2D eigenvalue weighted by Crippen LogP contribution is 2.27. The van der Waals surface area contributed by atoms with Crippen LogP contribution in [0.3, 0.4) is 0 Å². The molecule has 21 heavy (non-hydrogen) atoms. The zero-order chi connectivity index (χ0) is 15.0. The third-order valence-electron chi connectivity index (χ3n) is 4.06. The van der Waals surface area contributed by atoms with Gasteiger partial charge in [0.1, 0.15) is 4.21 Å². The van der Waals surface area contributed by atoms with Crippen molar-refractivity contribution in [2.24, 2.45) is 5.92 Å². The topological polar surface area (TPSA) is 66.5 Å². The van der Waals surface area contributed by atoms with Crippen LogP contribution >= 0.6 is 11.3 Å². The van der Waals surface area contributed by atoms with Crippen LogP contribution in [0.25, 0.3) is 0 Å². The van der Waals surface area contributed by atoms with Crippen molar-refractivity contribution in [2.45, 2.75) is 42.9 Å². The summed E-state index contributed by atoms with van der Waals surface area (Å²) in [5.41, 5.74) is 0.491. The van der Waals surface area contributed by atoms with Crippen LogP contribution in [0.5, 0.6) is 0 Å². The van der Waals surface area contributed by atoms with E-state index >= 15 is 0 Å². The number of nitrogens with zero attached hydrogens (tertiary/aromatic N) is 1. The van der Waals surface area contributed by atoms with Crippen LogP contribution in [0.2, 0.25) is 0 Å². The van der Waals surface area contributed by atoms with Crippen molar-refractivity contribution in [3.63, 3.8) is 0 Å². The van der Waals surface area contributed by atoms with Gasteiger partial charge in [-0.2, -0.15) is 0 Å². The third-order valence-corrected chi connectivity index (χ3v) is 7.02. The Morgan fingerprint density at radius 3 is 2.57 bits per heavy atom. The van der Waals surface area contributed by atoms with Gasteiger partial charge in [0.2, 0.25) is 10.0 Å². The van der Waals surface area contributed by atoms with Crippen molar-refractivity contribution in [2.75, 3.05) is 13.1 Å². The molecule has 0 radical (unpaired) electrons. The molecular weight excluding hydrogens is 308 g/mol. The van der Waals surface area contributed by atoms with Crippen LogP contribution in [0.4, 0.5) is 0 Å². The Morgan fingerprint density at radius 1 is 1.29 bits per heavy atom. The quantitative estimate of drug-likeness (QED) is 0.920. The normalized spacial score (nSPS) is 20.7. The lowest BCUT2D eigenvalue weighted by molar-refractivity contribution is 0.0697. The lowest BCUT2D eigenvalue weighted by Crippen LogP contribution is -2.37. The van der Waals surface area contributed by atoms with Gasteiger partial charge in [0.15, 0.2) is 0 Å². The lowest BCUT2D eigenvalue weighted by Gasteiger charge is -2.30. The Labute approximate surface area is 129 Å². The minimum Gasteiger partial charge on any atom is -0.339 e. The standard InChI is InChI=1S/C14H20N2O3S2/c1-10-4-6-16(7-5-10)14(17)11-8-13(20-9-11)21(18,19)15-12-2-3-12/h8-10,12,15H,2-7H2,1H3. The van der Waals surface area contributed by atoms with Gasteiger partial charge < -0.3 is 4.90 Å². The lowest BCUT2D eigenvalue weighted by atomic mass is 9.99. The predicted octanol–water partition coefficient (Wildman–Crippen LogP) is 2.06. The van der Waals surface area contributed by atoms with E-state index in [0.717, 1.165) is 50.1 Å². The summed E-state index contributed by atoms with van der Waals surface area (Å²) in [5.74, 6) is 0.612. The van der Waals surface area contributed by atoms with Crippen LogP contribution < -0.4 is 4.72 Å². The van der Waals surface area contributed by atoms with Gasteiger partial charge in [-0.3, -0.25) is 4.79 Å². The molecule has 116 valence electrons. The molecule has 3 rings (SSSR count). The third kappa shape index (κ3) is 3.46. The minimum absolute atomic E-state index is 0.0500. The SMILES string of the molecule is CC1CCN(C(=O)c2csc(S(=O)(=O)NC3CC3)c2)CC1. The first-order valence-corrected chi connectivity index (χ1v) is 9.72. The molecule has 7 heteroatoms. The molecule has 5 nitrogen and oxygen atoms in total. The zero-order valence-electron chi connectivity index (χ0n) is 12.0. The largest absolute Gasteiger partial charge is 0.339 e. The molecule has 1 aliphatic carbocycles. The molecule has 1 aromatic rings. The maximum absolute atomic E-state index is 12.4. The molecule has 0 unspecified atom stereocenters. The number of amides is 1. The molecule has 2 aliphatic rings. The Bertz CT molecular complexity index is 626. The summed E-state index contributed by atoms with van der Waals surface area (Å²) < 4.78 is 27.1. The van der Waals surface area contributed by atoms with Crippen molar-refractivity contribution in [1.29, 1.82) is 0 Å². The Morgan fingerprint density at radius 2 is 1.95 bits per heavy atom. The number of hydrogen-bond acceptors (Lipinski definition) is 4. The van der Waals surface area contributed by atoms with Gasteiger partial charge in [-0.05, 0) is 37.7 Å². The maximum Gasteiger partial charge on any atom is 0.254 e. The Kier molecular flexibility index (Phi) is 4.07. The second-order valence-corrected chi connectivity index (χ2v) is 8.88. The molecule has 1 saturated heterocycles. The molecule has 1 aromatic heterocycles. The Hall–Kier alpha value is -0.920. The number of rotatable bonds is 4. The smallest absolute Gasteiger partial charge is 0.254 e. The molecule has 1 saturated carbocycles. The van der Waals surface area contributed by atoms with Gasteiger partial charge in [-0.25, -0.2) is 13.1 Å². The van der Waals surface area contributed by atoms with Crippen molar-refractivity contribution in [3.05, 3.63) is 17.0 Å². The molecule has 2 fully saturated rings. The number of likely N-dealkylation sites (tertiary alicyclic amines) is 1. The monoisotopic (exact) mass is 328 g/mol. The molecule has 0 bridgehead atoms. The molecule has 1 amide bonds. The summed E-state index contributed by atoms with van der Waals surface area (Å²) >= 11 is 1.12. The van der Waals surface area contributed by atoms with Crippen molar-refractivity contribution in [3.8, 4) is 0 Å². The number of carbonyl (C=O) groups excluding carboxylic acids is 1. The average Bonchev–Trinajstić information content (AvgIpc) is 3.09. The van der Waals surface area contributed by atoms with Crippen molar-refractivity contribution < 1.29 is 13.2 Å². The van der Waals surface area contributed by atoms with E-state index in [9.17, 15) is 13.2 Å². The van der Waals surface area contributed by atoms with E-state index in [1.807, 2.05) is 4.90 Å². The highest BCUT2D eigenvalue weighted by Gasteiger charge is 2.30. The van der Waals surface area contributed by atoms with Crippen molar-refractivity contribution >= 4 is 27.3 Å². The van der Waals surface area contributed by atoms with Gasteiger partial charge in [-0.15, -0.1) is 11.3 Å². The van der Waals surface area contributed by atoms with Gasteiger partial charge >= 0.3 is 0 Å². The fourth-order valence-electron chi connectivity index (χ4n) is 2.44. The van der Waals surface area contributed by atoms with Crippen LogP contribution in [0.15, 0.2) is 15.7 Å². The fraction of sp³-hybridized carbons (Fsp3) is 0.643. The molecule has 1 aliphatic heterocycles. The minimum atomic E-state index is -3.45. The summed E-state index contributed by atoms with van der Waals surface area (Å²) in [4.78, 5) is 14.2. The first kappa shape index (κ1) is 15.0. The van der Waals surface area contributed by atoms with Crippen LogP contribution in [-0.2, 0) is 10.0 Å². The first-order valence-electron chi connectivity index (χ1n) is 7.36. The molecule has 1 N–H and O–H groups in total. The number of carbonyl (C=O) groups is 1. The molecular formula is C14H20N2O3S2. The maximum atomic E-state index is 12.4. The first-order chi connectivity index (χ1) is 9.95. The highest BCUT2D eigenvalue weighted by atomic mass is 32.2. The van der Waals surface area contributed by atoms with E-state index in [0.29, 0.717) is 11.5 Å². The van der Waals surface area contributed by atoms with Gasteiger partial charge in [0.25, 0.3) is 5.91 Å².